The molecule has 3 nitrogen and oxygen atoms in total. The summed E-state index contributed by atoms with van der Waals surface area (Å²) >= 11 is 1.71. The van der Waals surface area contributed by atoms with Crippen molar-refractivity contribution in [2.75, 3.05) is 5.75 Å². The van der Waals surface area contributed by atoms with Crippen LogP contribution < -0.4 is 5.32 Å². The van der Waals surface area contributed by atoms with Gasteiger partial charge in [0.05, 0.1) is 6.04 Å². The summed E-state index contributed by atoms with van der Waals surface area (Å²) in [6.45, 7) is 0. The van der Waals surface area contributed by atoms with Crippen LogP contribution in [-0.2, 0) is 11.2 Å². The van der Waals surface area contributed by atoms with Gasteiger partial charge in [-0.25, -0.2) is 4.39 Å². The lowest BCUT2D eigenvalue weighted by atomic mass is 10.0. The topological polar surface area (TPSA) is 42.0 Å². The molecule has 2 aromatic rings. The average molecular weight is 316 g/mol. The van der Waals surface area contributed by atoms with Crippen LogP contribution in [0.2, 0.25) is 0 Å². The number of carbonyl (C=O) groups excluding carboxylic acids is 1. The molecule has 1 aliphatic rings. The number of nitrogens with one attached hydrogen (secondary N) is 1. The Balaban J connectivity index is 1.62. The molecule has 0 aliphatic carbocycles. The lowest BCUT2D eigenvalue weighted by Crippen LogP contribution is -2.30. The highest BCUT2D eigenvalue weighted by Crippen LogP contribution is 2.36. The van der Waals surface area contributed by atoms with Crippen LogP contribution in [0.4, 0.5) is 4.39 Å². The van der Waals surface area contributed by atoms with Crippen LogP contribution in [0.1, 0.15) is 30.0 Å². The lowest BCUT2D eigenvalue weighted by Gasteiger charge is -2.26. The molecule has 1 atom stereocenters. The van der Waals surface area contributed by atoms with Gasteiger partial charge in [-0.15, -0.1) is 11.8 Å². The van der Waals surface area contributed by atoms with Gasteiger partial charge >= 0.3 is 0 Å². The number of aryl methyl sites for hydroxylation is 1. The maximum Gasteiger partial charge on any atom is 0.220 e. The highest BCUT2D eigenvalue weighted by molar-refractivity contribution is 7.99. The largest absolute Gasteiger partial charge is 0.349 e. The Labute approximate surface area is 133 Å². The Morgan fingerprint density at radius 2 is 2.32 bits per heavy atom. The SMILES string of the molecule is O=C(CCc1cccnc1)NC1CCSc2ccc(F)cc21. The van der Waals surface area contributed by atoms with Gasteiger partial charge in [0, 0.05) is 29.5 Å². The highest BCUT2D eigenvalue weighted by Gasteiger charge is 2.22. The summed E-state index contributed by atoms with van der Waals surface area (Å²) in [6.07, 6.45) is 5.40. The number of fused-ring (bicyclic) bond motifs is 1. The monoisotopic (exact) mass is 316 g/mol. The third kappa shape index (κ3) is 3.65. The fourth-order valence-corrected chi connectivity index (χ4v) is 3.69. The van der Waals surface area contributed by atoms with Crippen molar-refractivity contribution in [3.05, 3.63) is 59.7 Å². The van der Waals surface area contributed by atoms with Crippen LogP contribution in [0, 0.1) is 5.82 Å². The maximum absolute atomic E-state index is 13.4. The fourth-order valence-electron chi connectivity index (χ4n) is 2.59. The van der Waals surface area contributed by atoms with Gasteiger partial charge < -0.3 is 5.32 Å². The van der Waals surface area contributed by atoms with Gasteiger partial charge in [0.15, 0.2) is 0 Å². The Morgan fingerprint density at radius 1 is 1.41 bits per heavy atom. The number of benzene rings is 1. The quantitative estimate of drug-likeness (QED) is 0.938. The van der Waals surface area contributed by atoms with Crippen molar-refractivity contribution in [2.45, 2.75) is 30.2 Å². The molecule has 5 heteroatoms. The van der Waals surface area contributed by atoms with E-state index in [-0.39, 0.29) is 17.8 Å². The Kier molecular flexibility index (Phi) is 4.73. The van der Waals surface area contributed by atoms with Gasteiger partial charge in [-0.05, 0) is 48.2 Å². The maximum atomic E-state index is 13.4. The number of nitrogens with zero attached hydrogens (tertiary/aromatic N) is 1. The average Bonchev–Trinajstić information content (AvgIpc) is 2.54. The van der Waals surface area contributed by atoms with E-state index >= 15 is 0 Å². The number of pyridine rings is 1. The van der Waals surface area contributed by atoms with E-state index in [1.807, 2.05) is 12.1 Å². The third-order valence-corrected chi connectivity index (χ3v) is 4.83. The molecule has 1 N–H and O–H groups in total. The first-order chi connectivity index (χ1) is 10.7. The summed E-state index contributed by atoms with van der Waals surface area (Å²) in [7, 11) is 0. The van der Waals surface area contributed by atoms with Crippen LogP contribution in [0.5, 0.6) is 0 Å². The Bertz CT molecular complexity index is 663. The number of halogens is 1. The van der Waals surface area contributed by atoms with Crippen LogP contribution in [-0.4, -0.2) is 16.6 Å². The molecule has 1 aliphatic heterocycles. The molecule has 22 heavy (non-hydrogen) atoms. The number of rotatable bonds is 4. The normalized spacial score (nSPS) is 16.9. The van der Waals surface area contributed by atoms with E-state index in [2.05, 4.69) is 10.3 Å². The van der Waals surface area contributed by atoms with Crippen molar-refractivity contribution in [1.82, 2.24) is 10.3 Å². The van der Waals surface area contributed by atoms with Gasteiger partial charge in [0.2, 0.25) is 5.91 Å². The first kappa shape index (κ1) is 15.0. The fraction of sp³-hybridized carbons (Fsp3) is 0.294. The van der Waals surface area contributed by atoms with E-state index < -0.39 is 0 Å². The molecule has 3 rings (SSSR count). The predicted molar refractivity (Wildman–Crippen MR) is 85.2 cm³/mol. The third-order valence-electron chi connectivity index (χ3n) is 3.71. The van der Waals surface area contributed by atoms with Crippen molar-refractivity contribution in [1.29, 1.82) is 0 Å². The molecule has 1 aromatic carbocycles. The second-order valence-electron chi connectivity index (χ2n) is 5.30. The van der Waals surface area contributed by atoms with E-state index in [1.165, 1.54) is 12.1 Å². The number of carbonyl (C=O) groups is 1. The molecular formula is C17H17FN2OS. The number of thioether (sulfide) groups is 1. The first-order valence-electron chi connectivity index (χ1n) is 7.33. The summed E-state index contributed by atoms with van der Waals surface area (Å²) < 4.78 is 13.4. The van der Waals surface area contributed by atoms with Crippen molar-refractivity contribution >= 4 is 17.7 Å². The summed E-state index contributed by atoms with van der Waals surface area (Å²) in [4.78, 5) is 17.2. The van der Waals surface area contributed by atoms with Crippen molar-refractivity contribution < 1.29 is 9.18 Å². The Morgan fingerprint density at radius 3 is 3.14 bits per heavy atom. The van der Waals surface area contributed by atoms with Crippen molar-refractivity contribution in [3.63, 3.8) is 0 Å². The standard InChI is InChI=1S/C17H17FN2OS/c18-13-4-5-16-14(10-13)15(7-9-22-16)20-17(21)6-3-12-2-1-8-19-11-12/h1-2,4-5,8,10-11,15H,3,6-7,9H2,(H,20,21). The number of hydrogen-bond donors (Lipinski definition) is 1. The molecule has 1 amide bonds. The van der Waals surface area contributed by atoms with Crippen LogP contribution in [0.15, 0.2) is 47.6 Å². The summed E-state index contributed by atoms with van der Waals surface area (Å²) in [5.41, 5.74) is 1.94. The van der Waals surface area contributed by atoms with Crippen LogP contribution in [0.25, 0.3) is 0 Å². The van der Waals surface area contributed by atoms with Crippen LogP contribution >= 0.6 is 11.8 Å². The van der Waals surface area contributed by atoms with Gasteiger partial charge in [0.25, 0.3) is 0 Å². The molecule has 0 spiro atoms. The minimum absolute atomic E-state index is 0.00374. The van der Waals surface area contributed by atoms with E-state index in [0.717, 1.165) is 28.2 Å². The van der Waals surface area contributed by atoms with Gasteiger partial charge in [-0.1, -0.05) is 6.07 Å². The second-order valence-corrected chi connectivity index (χ2v) is 6.44. The van der Waals surface area contributed by atoms with E-state index in [4.69, 9.17) is 0 Å². The summed E-state index contributed by atoms with van der Waals surface area (Å²) in [6, 6.07) is 8.54. The van der Waals surface area contributed by atoms with Gasteiger partial charge in [-0.2, -0.15) is 0 Å². The van der Waals surface area contributed by atoms with Crippen molar-refractivity contribution in [2.24, 2.45) is 0 Å². The number of hydrogen-bond acceptors (Lipinski definition) is 3. The van der Waals surface area contributed by atoms with Crippen molar-refractivity contribution in [3.8, 4) is 0 Å². The second kappa shape index (κ2) is 6.92. The molecule has 0 radical (unpaired) electrons. The predicted octanol–water partition coefficient (Wildman–Crippen LogP) is 3.51. The Hall–Kier alpha value is -1.88. The van der Waals surface area contributed by atoms with E-state index in [1.54, 1.807) is 30.2 Å². The molecule has 2 heterocycles. The van der Waals surface area contributed by atoms with Crippen LogP contribution in [0.3, 0.4) is 0 Å². The van der Waals surface area contributed by atoms with E-state index in [9.17, 15) is 9.18 Å². The zero-order valence-electron chi connectivity index (χ0n) is 12.1. The highest BCUT2D eigenvalue weighted by atomic mass is 32.2. The molecule has 1 aromatic heterocycles. The number of aromatic nitrogens is 1. The summed E-state index contributed by atoms with van der Waals surface area (Å²) in [5.74, 6) is 0.679. The minimum Gasteiger partial charge on any atom is -0.349 e. The molecule has 0 fully saturated rings. The lowest BCUT2D eigenvalue weighted by molar-refractivity contribution is -0.121. The molecule has 0 saturated carbocycles. The molecule has 0 saturated heterocycles. The van der Waals surface area contributed by atoms with Gasteiger partial charge in [-0.3, -0.25) is 9.78 Å². The van der Waals surface area contributed by atoms with Gasteiger partial charge in [0.1, 0.15) is 5.82 Å². The number of amides is 1. The molecule has 114 valence electrons. The molecule has 1 unspecified atom stereocenters. The minimum atomic E-state index is -0.254. The zero-order chi connectivity index (χ0) is 15.4. The van der Waals surface area contributed by atoms with E-state index in [0.29, 0.717) is 12.8 Å². The summed E-state index contributed by atoms with van der Waals surface area (Å²) in [5, 5.41) is 3.03. The first-order valence-corrected chi connectivity index (χ1v) is 8.31. The molecule has 0 bridgehead atoms. The smallest absolute Gasteiger partial charge is 0.220 e. The zero-order valence-corrected chi connectivity index (χ0v) is 12.9. The molecular weight excluding hydrogens is 299 g/mol.